The van der Waals surface area contributed by atoms with Crippen LogP contribution in [0.15, 0.2) is 53.4 Å². The van der Waals surface area contributed by atoms with Crippen molar-refractivity contribution < 1.29 is 27.5 Å². The SMILES string of the molecule is COc1ccc([C@H](CNC(=O)CN(C)S(=O)(=O)c2ccc(C(C)=O)cc2)N2CCOCC2)cc1. The normalized spacial score (nSPS) is 15.6. The van der Waals surface area contributed by atoms with Crippen molar-refractivity contribution in [1.29, 1.82) is 0 Å². The van der Waals surface area contributed by atoms with Gasteiger partial charge in [0, 0.05) is 32.2 Å². The highest BCUT2D eigenvalue weighted by Gasteiger charge is 2.26. The van der Waals surface area contributed by atoms with E-state index in [1.165, 1.54) is 38.2 Å². The molecular weight excluding hydrogens is 458 g/mol. The van der Waals surface area contributed by atoms with E-state index >= 15 is 0 Å². The predicted octanol–water partition coefficient (Wildman–Crippen LogP) is 1.71. The number of ketones is 1. The van der Waals surface area contributed by atoms with Gasteiger partial charge in [-0.05, 0) is 36.8 Å². The lowest BCUT2D eigenvalue weighted by Crippen LogP contribution is -2.45. The Morgan fingerprint density at radius 2 is 1.71 bits per heavy atom. The molecule has 1 aliphatic rings. The Bertz CT molecular complexity index is 1080. The second-order valence-electron chi connectivity index (χ2n) is 8.08. The summed E-state index contributed by atoms with van der Waals surface area (Å²) in [7, 11) is -0.909. The van der Waals surface area contributed by atoms with Gasteiger partial charge < -0.3 is 14.8 Å². The molecule has 1 fully saturated rings. The zero-order valence-corrected chi connectivity index (χ0v) is 20.5. The van der Waals surface area contributed by atoms with Crippen LogP contribution in [0.2, 0.25) is 0 Å². The average molecular weight is 490 g/mol. The second-order valence-corrected chi connectivity index (χ2v) is 10.1. The number of carbonyl (C=O) groups excluding carboxylic acids is 2. The van der Waals surface area contributed by atoms with Crippen LogP contribution in [0.25, 0.3) is 0 Å². The van der Waals surface area contributed by atoms with Gasteiger partial charge in [0.15, 0.2) is 5.78 Å². The smallest absolute Gasteiger partial charge is 0.243 e. The summed E-state index contributed by atoms with van der Waals surface area (Å²) < 4.78 is 37.4. The van der Waals surface area contributed by atoms with Crippen molar-refractivity contribution in [3.63, 3.8) is 0 Å². The quantitative estimate of drug-likeness (QED) is 0.507. The number of ether oxygens (including phenoxy) is 2. The molecule has 1 amide bonds. The Morgan fingerprint density at radius 3 is 2.26 bits per heavy atom. The average Bonchev–Trinajstić information content (AvgIpc) is 2.85. The number of benzene rings is 2. The van der Waals surface area contributed by atoms with E-state index in [1.807, 2.05) is 24.3 Å². The van der Waals surface area contributed by atoms with Gasteiger partial charge in [-0.2, -0.15) is 4.31 Å². The monoisotopic (exact) mass is 489 g/mol. The lowest BCUT2D eigenvalue weighted by atomic mass is 10.0. The first-order valence-corrected chi connectivity index (χ1v) is 12.5. The minimum atomic E-state index is -3.88. The fraction of sp³-hybridized carbons (Fsp3) is 0.417. The molecule has 34 heavy (non-hydrogen) atoms. The van der Waals surface area contributed by atoms with Crippen molar-refractivity contribution in [1.82, 2.24) is 14.5 Å². The fourth-order valence-corrected chi connectivity index (χ4v) is 4.90. The highest BCUT2D eigenvalue weighted by Crippen LogP contribution is 2.24. The molecule has 0 unspecified atom stereocenters. The minimum absolute atomic E-state index is 0.0252. The van der Waals surface area contributed by atoms with E-state index in [4.69, 9.17) is 9.47 Å². The number of hydrogen-bond acceptors (Lipinski definition) is 7. The first-order valence-electron chi connectivity index (χ1n) is 11.0. The van der Waals surface area contributed by atoms with Crippen LogP contribution < -0.4 is 10.1 Å². The van der Waals surface area contributed by atoms with E-state index in [2.05, 4.69) is 10.2 Å². The van der Waals surface area contributed by atoms with Crippen molar-refractivity contribution in [2.45, 2.75) is 17.9 Å². The number of likely N-dealkylation sites (N-methyl/N-ethyl adjacent to an activating group) is 1. The minimum Gasteiger partial charge on any atom is -0.497 e. The van der Waals surface area contributed by atoms with Crippen molar-refractivity contribution in [2.75, 3.05) is 53.6 Å². The van der Waals surface area contributed by atoms with E-state index < -0.39 is 15.9 Å². The third kappa shape index (κ3) is 6.41. The van der Waals surface area contributed by atoms with E-state index in [1.54, 1.807) is 7.11 Å². The number of rotatable bonds is 10. The van der Waals surface area contributed by atoms with E-state index in [0.717, 1.165) is 28.7 Å². The number of nitrogens with zero attached hydrogens (tertiary/aromatic N) is 2. The van der Waals surface area contributed by atoms with Crippen molar-refractivity contribution >= 4 is 21.7 Å². The number of sulfonamides is 1. The molecule has 1 heterocycles. The van der Waals surface area contributed by atoms with Gasteiger partial charge in [-0.3, -0.25) is 14.5 Å². The van der Waals surface area contributed by atoms with E-state index in [9.17, 15) is 18.0 Å². The van der Waals surface area contributed by atoms with Crippen molar-refractivity contribution in [3.8, 4) is 5.75 Å². The molecule has 0 aromatic heterocycles. The molecule has 3 rings (SSSR count). The molecule has 1 saturated heterocycles. The molecule has 1 N–H and O–H groups in total. The van der Waals surface area contributed by atoms with Crippen LogP contribution in [-0.2, 0) is 19.6 Å². The highest BCUT2D eigenvalue weighted by molar-refractivity contribution is 7.89. The molecule has 0 bridgehead atoms. The summed E-state index contributed by atoms with van der Waals surface area (Å²) in [6, 6.07) is 13.3. The van der Waals surface area contributed by atoms with Crippen LogP contribution in [0.5, 0.6) is 5.75 Å². The van der Waals surface area contributed by atoms with Crippen LogP contribution >= 0.6 is 0 Å². The van der Waals surface area contributed by atoms with Crippen molar-refractivity contribution in [3.05, 3.63) is 59.7 Å². The van der Waals surface area contributed by atoms with E-state index in [0.29, 0.717) is 25.3 Å². The van der Waals surface area contributed by atoms with E-state index in [-0.39, 0.29) is 23.3 Å². The number of morpholine rings is 1. The summed E-state index contributed by atoms with van der Waals surface area (Å²) in [5, 5.41) is 2.88. The maximum atomic E-state index is 12.8. The maximum Gasteiger partial charge on any atom is 0.243 e. The molecule has 0 radical (unpaired) electrons. The van der Waals surface area contributed by atoms with Gasteiger partial charge in [-0.25, -0.2) is 8.42 Å². The van der Waals surface area contributed by atoms with Gasteiger partial charge in [0.25, 0.3) is 0 Å². The summed E-state index contributed by atoms with van der Waals surface area (Å²) in [5.41, 5.74) is 1.45. The van der Waals surface area contributed by atoms with Crippen LogP contribution in [0.3, 0.4) is 0 Å². The number of carbonyl (C=O) groups is 2. The maximum absolute atomic E-state index is 12.8. The zero-order valence-electron chi connectivity index (χ0n) is 19.7. The summed E-state index contributed by atoms with van der Waals surface area (Å²) in [6.45, 7) is 4.11. The molecule has 10 heteroatoms. The zero-order chi connectivity index (χ0) is 24.7. The molecule has 9 nitrogen and oxygen atoms in total. The van der Waals surface area contributed by atoms with Gasteiger partial charge in [0.1, 0.15) is 5.75 Å². The van der Waals surface area contributed by atoms with Gasteiger partial charge in [0.05, 0.1) is 37.8 Å². The molecule has 0 aliphatic carbocycles. The van der Waals surface area contributed by atoms with Gasteiger partial charge in [-0.1, -0.05) is 24.3 Å². The van der Waals surface area contributed by atoms with Crippen LogP contribution in [0.1, 0.15) is 28.9 Å². The number of Topliss-reactive ketones (excluding diaryl/α,β-unsaturated/α-hetero) is 1. The highest BCUT2D eigenvalue weighted by atomic mass is 32.2. The second kappa shape index (κ2) is 11.6. The predicted molar refractivity (Wildman–Crippen MR) is 127 cm³/mol. The van der Waals surface area contributed by atoms with Gasteiger partial charge >= 0.3 is 0 Å². The summed E-state index contributed by atoms with van der Waals surface area (Å²) >= 11 is 0. The van der Waals surface area contributed by atoms with Crippen LogP contribution in [0, 0.1) is 0 Å². The topological polar surface area (TPSA) is 105 Å². The molecular formula is C24H31N3O6S. The third-order valence-corrected chi connectivity index (χ3v) is 7.63. The third-order valence-electron chi connectivity index (χ3n) is 5.81. The Kier molecular flexibility index (Phi) is 8.78. The Labute approximate surface area is 200 Å². The fourth-order valence-electron chi connectivity index (χ4n) is 3.77. The van der Waals surface area contributed by atoms with Crippen molar-refractivity contribution in [2.24, 2.45) is 0 Å². The molecule has 1 atom stereocenters. The molecule has 1 aliphatic heterocycles. The molecule has 0 saturated carbocycles. The Balaban J connectivity index is 1.65. The molecule has 2 aromatic rings. The number of methoxy groups -OCH3 is 1. The number of amides is 1. The first kappa shape index (κ1) is 25.8. The Hall–Kier alpha value is -2.79. The summed E-state index contributed by atoms with van der Waals surface area (Å²) in [6.07, 6.45) is 0. The molecule has 0 spiro atoms. The van der Waals surface area contributed by atoms with Gasteiger partial charge in [-0.15, -0.1) is 0 Å². The van der Waals surface area contributed by atoms with Crippen LogP contribution in [0.4, 0.5) is 0 Å². The van der Waals surface area contributed by atoms with Crippen LogP contribution in [-0.4, -0.2) is 82.9 Å². The number of hydrogen-bond donors (Lipinski definition) is 1. The summed E-state index contributed by atoms with van der Waals surface area (Å²) in [5.74, 6) is 0.193. The number of nitrogens with one attached hydrogen (secondary N) is 1. The standard InChI is InChI=1S/C24H31N3O6S/c1-18(28)19-6-10-22(11-7-19)34(30,31)26(2)17-24(29)25-16-23(27-12-14-33-15-13-27)20-4-8-21(32-3)9-5-20/h4-11,23H,12-17H2,1-3H3,(H,25,29)/t23-/m0/s1. The lowest BCUT2D eigenvalue weighted by Gasteiger charge is -2.35. The van der Waals surface area contributed by atoms with Gasteiger partial charge in [0.2, 0.25) is 15.9 Å². The lowest BCUT2D eigenvalue weighted by molar-refractivity contribution is -0.121. The largest absolute Gasteiger partial charge is 0.497 e. The molecule has 2 aromatic carbocycles. The Morgan fingerprint density at radius 1 is 1.09 bits per heavy atom. The summed E-state index contributed by atoms with van der Waals surface area (Å²) in [4.78, 5) is 26.4. The molecule has 184 valence electrons. The first-order chi connectivity index (χ1) is 16.2.